The number of nitrogens with zero attached hydrogens (tertiary/aromatic N) is 3. The van der Waals surface area contributed by atoms with E-state index in [1.165, 1.54) is 62.6 Å². The summed E-state index contributed by atoms with van der Waals surface area (Å²) in [5, 5.41) is 0.195. The molecule has 0 unspecified atom stereocenters. The lowest BCUT2D eigenvalue weighted by molar-refractivity contribution is -0.138. The Balaban J connectivity index is 1.57. The number of para-hydroxylation sites is 2. The van der Waals surface area contributed by atoms with Gasteiger partial charge in [0.1, 0.15) is 34.0 Å². The van der Waals surface area contributed by atoms with E-state index in [2.05, 4.69) is 0 Å². The highest BCUT2D eigenvalue weighted by atomic mass is 35.5. The van der Waals surface area contributed by atoms with Gasteiger partial charge in [-0.15, -0.1) is 0 Å². The van der Waals surface area contributed by atoms with Crippen LogP contribution in [-0.2, 0) is 29.9 Å². The molecule has 0 bridgehead atoms. The van der Waals surface area contributed by atoms with Crippen molar-refractivity contribution in [3.05, 3.63) is 107 Å². The molecular formula is C37H36ClN3O10S. The molecule has 0 aromatic heterocycles. The molecule has 0 aliphatic carbocycles. The molecule has 1 fully saturated rings. The van der Waals surface area contributed by atoms with Gasteiger partial charge in [-0.2, -0.15) is 0 Å². The molecule has 2 heterocycles. The van der Waals surface area contributed by atoms with Crippen molar-refractivity contribution in [1.82, 2.24) is 9.80 Å². The van der Waals surface area contributed by atoms with Gasteiger partial charge in [-0.3, -0.25) is 14.5 Å². The molecule has 2 aliphatic rings. The van der Waals surface area contributed by atoms with E-state index in [1.54, 1.807) is 73.6 Å². The average Bonchev–Trinajstić information content (AvgIpc) is 3.67. The molecule has 0 spiro atoms. The van der Waals surface area contributed by atoms with Gasteiger partial charge in [0.15, 0.2) is 5.54 Å². The molecule has 0 N–H and O–H groups in total. The summed E-state index contributed by atoms with van der Waals surface area (Å²) in [6.45, 7) is -0.191. The number of rotatable bonds is 10. The summed E-state index contributed by atoms with van der Waals surface area (Å²) in [7, 11) is 2.52. The van der Waals surface area contributed by atoms with E-state index >= 15 is 4.79 Å². The molecule has 0 radical (unpaired) electrons. The maximum Gasteiger partial charge on any atom is 0.514 e. The molecule has 0 saturated carbocycles. The van der Waals surface area contributed by atoms with Crippen LogP contribution in [0.2, 0.25) is 5.02 Å². The highest BCUT2D eigenvalue weighted by Gasteiger charge is 2.64. The van der Waals surface area contributed by atoms with Gasteiger partial charge in [-0.05, 0) is 48.5 Å². The maximum atomic E-state index is 15.6. The van der Waals surface area contributed by atoms with Crippen LogP contribution >= 0.6 is 11.6 Å². The largest absolute Gasteiger partial charge is 0.514 e. The summed E-state index contributed by atoms with van der Waals surface area (Å²) < 4.78 is 58.0. The fraction of sp³-hybridized carbons (Fsp3) is 0.270. The first-order valence-corrected chi connectivity index (χ1v) is 17.9. The number of hydrogen-bond donors (Lipinski definition) is 0. The highest BCUT2D eigenvalue weighted by molar-refractivity contribution is 7.93. The monoisotopic (exact) mass is 749 g/mol. The Morgan fingerprint density at radius 2 is 1.52 bits per heavy atom. The van der Waals surface area contributed by atoms with Gasteiger partial charge in [-0.25, -0.2) is 17.5 Å². The number of methoxy groups -OCH3 is 3. The van der Waals surface area contributed by atoms with E-state index in [-0.39, 0.29) is 56.9 Å². The van der Waals surface area contributed by atoms with E-state index in [9.17, 15) is 18.0 Å². The Hall–Kier alpha value is -5.31. The van der Waals surface area contributed by atoms with Crippen LogP contribution < -0.4 is 23.3 Å². The molecule has 2 amide bonds. The molecule has 52 heavy (non-hydrogen) atoms. The number of fused-ring (bicyclic) bond motifs is 1. The molecule has 15 heteroatoms. The van der Waals surface area contributed by atoms with Crippen molar-refractivity contribution in [3.8, 4) is 23.0 Å². The number of amides is 2. The number of carbonyl (C=O) groups excluding carboxylic acids is 3. The molecule has 2 aliphatic heterocycles. The number of halogens is 1. The van der Waals surface area contributed by atoms with Crippen LogP contribution in [0.25, 0.3) is 0 Å². The van der Waals surface area contributed by atoms with Crippen molar-refractivity contribution in [3.63, 3.8) is 0 Å². The molecular weight excluding hydrogens is 714 g/mol. The first-order chi connectivity index (χ1) is 24.9. The van der Waals surface area contributed by atoms with E-state index in [0.29, 0.717) is 10.1 Å². The maximum absolute atomic E-state index is 15.6. The van der Waals surface area contributed by atoms with Gasteiger partial charge >= 0.3 is 6.16 Å². The summed E-state index contributed by atoms with van der Waals surface area (Å²) in [6, 6.07) is 22.4. The van der Waals surface area contributed by atoms with Crippen LogP contribution in [0.3, 0.4) is 0 Å². The van der Waals surface area contributed by atoms with Crippen LogP contribution in [-0.4, -0.2) is 90.3 Å². The number of likely N-dealkylation sites (N-methyl/N-ethyl adjacent to an activating group) is 1. The summed E-state index contributed by atoms with van der Waals surface area (Å²) >= 11 is 6.63. The standard InChI is InChI=1S/C37H36ClN3O10S/c1-39(2)34(42)30-20-26(51-36(44)50-24-11-7-6-8-12-24)22-40(30)37(27-13-9-10-14-31(27)48-4)28-19-23(38)15-17-29(28)41(35(37)43)52(45,46)33-18-16-25(47-3)21-32(33)49-5/h6-19,21,26,30H,20,22H2,1-5H3/t26-,30+,37+/m1/s1. The predicted molar refractivity (Wildman–Crippen MR) is 191 cm³/mol. The fourth-order valence-electron chi connectivity index (χ4n) is 6.84. The Bertz CT molecular complexity index is 2130. The molecule has 272 valence electrons. The number of benzene rings is 4. The van der Waals surface area contributed by atoms with Gasteiger partial charge in [0.25, 0.3) is 15.9 Å². The number of sulfonamides is 1. The normalized spacial score (nSPS) is 19.9. The smallest absolute Gasteiger partial charge is 0.497 e. The van der Waals surface area contributed by atoms with Crippen LogP contribution in [0.15, 0.2) is 95.9 Å². The number of carbonyl (C=O) groups is 3. The molecule has 4 aromatic rings. The third kappa shape index (κ3) is 6.16. The summed E-state index contributed by atoms with van der Waals surface area (Å²) in [4.78, 5) is 45.3. The minimum Gasteiger partial charge on any atom is -0.497 e. The second-order valence-corrected chi connectivity index (χ2v) is 14.4. The minimum atomic E-state index is -4.74. The SMILES string of the molecule is COc1ccc(S(=O)(=O)N2C(=O)[C@@](c3ccccc3OC)(N3C[C@H](OC(=O)Oc4ccccc4)C[C@H]3C(=O)N(C)C)c3cc(Cl)ccc32)c(OC)c1. The molecule has 4 aromatic carbocycles. The van der Waals surface area contributed by atoms with Gasteiger partial charge in [0.05, 0.1) is 33.1 Å². The Kier molecular flexibility index (Phi) is 10.1. The predicted octanol–water partition coefficient (Wildman–Crippen LogP) is 5.09. The zero-order chi connectivity index (χ0) is 37.4. The lowest BCUT2D eigenvalue weighted by Gasteiger charge is -2.42. The number of hydrogen-bond acceptors (Lipinski definition) is 11. The Morgan fingerprint density at radius 3 is 2.19 bits per heavy atom. The van der Waals surface area contributed by atoms with E-state index in [0.717, 1.165) is 0 Å². The van der Waals surface area contributed by atoms with Gasteiger partial charge in [0.2, 0.25) is 5.91 Å². The lowest BCUT2D eigenvalue weighted by atomic mass is 9.80. The molecule has 3 atom stereocenters. The summed E-state index contributed by atoms with van der Waals surface area (Å²) in [5.74, 6) is -0.629. The average molecular weight is 750 g/mol. The van der Waals surface area contributed by atoms with Gasteiger partial charge in [0, 0.05) is 49.3 Å². The minimum absolute atomic E-state index is 0.0120. The van der Waals surface area contributed by atoms with Crippen LogP contribution in [0.4, 0.5) is 10.5 Å². The zero-order valence-electron chi connectivity index (χ0n) is 28.9. The fourth-order valence-corrected chi connectivity index (χ4v) is 8.61. The summed E-state index contributed by atoms with van der Waals surface area (Å²) in [5.41, 5.74) is -1.68. The van der Waals surface area contributed by atoms with Gasteiger partial charge < -0.3 is 28.6 Å². The van der Waals surface area contributed by atoms with Crippen molar-refractivity contribution in [2.24, 2.45) is 0 Å². The van der Waals surface area contributed by atoms with Crippen molar-refractivity contribution in [2.75, 3.05) is 46.3 Å². The Labute approximate surface area is 306 Å². The van der Waals surface area contributed by atoms with Gasteiger partial charge in [-0.1, -0.05) is 48.0 Å². The van der Waals surface area contributed by atoms with E-state index in [4.69, 9.17) is 35.3 Å². The third-order valence-corrected chi connectivity index (χ3v) is 11.0. The molecule has 6 rings (SSSR count). The van der Waals surface area contributed by atoms with E-state index < -0.39 is 45.7 Å². The van der Waals surface area contributed by atoms with Crippen molar-refractivity contribution in [1.29, 1.82) is 0 Å². The number of anilines is 1. The van der Waals surface area contributed by atoms with Crippen molar-refractivity contribution in [2.45, 2.75) is 29.0 Å². The second kappa shape index (κ2) is 14.4. The molecule has 1 saturated heterocycles. The first kappa shape index (κ1) is 36.5. The zero-order valence-corrected chi connectivity index (χ0v) is 30.5. The quantitative estimate of drug-likeness (QED) is 0.158. The van der Waals surface area contributed by atoms with Crippen LogP contribution in [0, 0.1) is 0 Å². The topological polar surface area (TPSA) is 141 Å². The number of ether oxygens (including phenoxy) is 5. The number of likely N-dealkylation sites (tertiary alicyclic amines) is 1. The summed E-state index contributed by atoms with van der Waals surface area (Å²) in [6.07, 6.45) is -2.04. The van der Waals surface area contributed by atoms with Crippen molar-refractivity contribution >= 4 is 45.3 Å². The first-order valence-electron chi connectivity index (χ1n) is 16.0. The highest BCUT2D eigenvalue weighted by Crippen LogP contribution is 2.55. The lowest BCUT2D eigenvalue weighted by Crippen LogP contribution is -2.59. The third-order valence-electron chi connectivity index (χ3n) is 9.07. The molecule has 13 nitrogen and oxygen atoms in total. The Morgan fingerprint density at radius 1 is 0.827 bits per heavy atom. The van der Waals surface area contributed by atoms with E-state index in [1.807, 2.05) is 0 Å². The van der Waals surface area contributed by atoms with Crippen molar-refractivity contribution < 1.29 is 46.5 Å². The second-order valence-electron chi connectivity index (χ2n) is 12.2. The van der Waals surface area contributed by atoms with Crippen LogP contribution in [0.1, 0.15) is 17.5 Å². The van der Waals surface area contributed by atoms with Crippen LogP contribution in [0.5, 0.6) is 23.0 Å².